The average molecular weight is 385 g/mol. The van der Waals surface area contributed by atoms with Crippen LogP contribution in [0.3, 0.4) is 0 Å². The van der Waals surface area contributed by atoms with E-state index >= 15 is 0 Å². The second kappa shape index (κ2) is 6.92. The first-order valence-corrected chi connectivity index (χ1v) is 8.78. The summed E-state index contributed by atoms with van der Waals surface area (Å²) in [5, 5.41) is 15.1. The van der Waals surface area contributed by atoms with Crippen LogP contribution in [-0.4, -0.2) is 43.8 Å². The molecule has 0 bridgehead atoms. The van der Waals surface area contributed by atoms with E-state index in [0.29, 0.717) is 40.8 Å². The van der Waals surface area contributed by atoms with Crippen molar-refractivity contribution in [3.05, 3.63) is 59.0 Å². The maximum Gasteiger partial charge on any atom is 0.274 e. The van der Waals surface area contributed by atoms with Crippen molar-refractivity contribution >= 4 is 17.5 Å². The van der Waals surface area contributed by atoms with Crippen LogP contribution in [0.1, 0.15) is 16.1 Å². The number of pyridine rings is 1. The molecule has 1 amide bonds. The molecule has 138 valence electrons. The number of aryl methyl sites for hydroxylation is 1. The van der Waals surface area contributed by atoms with Gasteiger partial charge in [0, 0.05) is 37.1 Å². The summed E-state index contributed by atoms with van der Waals surface area (Å²) in [6.07, 6.45) is 3.28. The lowest BCUT2D eigenvalue weighted by Crippen LogP contribution is -2.32. The number of phenolic OH excluding ortho intramolecular Hbond substituents is 1. The summed E-state index contributed by atoms with van der Waals surface area (Å²) in [4.78, 5) is 18.7. The number of ether oxygens (including phenoxy) is 1. The molecule has 4 rings (SSSR count). The number of hydrogen-bond donors (Lipinski definition) is 1. The quantitative estimate of drug-likeness (QED) is 0.734. The van der Waals surface area contributed by atoms with E-state index in [1.54, 1.807) is 53.3 Å². The first kappa shape index (κ1) is 17.4. The molecule has 2 aromatic heterocycles. The van der Waals surface area contributed by atoms with Crippen LogP contribution in [0.2, 0.25) is 5.02 Å². The highest BCUT2D eigenvalue weighted by atomic mass is 35.5. The number of nitrogens with zero attached hydrogens (tertiary/aromatic N) is 4. The minimum absolute atomic E-state index is 0.0198. The minimum atomic E-state index is -0.179. The lowest BCUT2D eigenvalue weighted by molar-refractivity contribution is 0.0726. The van der Waals surface area contributed by atoms with Gasteiger partial charge in [-0.3, -0.25) is 14.5 Å². The molecule has 1 aliphatic heterocycles. The number of aromatic nitrogens is 3. The number of hydrogen-bond acceptors (Lipinski definition) is 5. The number of benzene rings is 1. The lowest BCUT2D eigenvalue weighted by atomic mass is 10.0. The highest BCUT2D eigenvalue weighted by Crippen LogP contribution is 2.37. The Morgan fingerprint density at radius 2 is 2.15 bits per heavy atom. The van der Waals surface area contributed by atoms with Crippen molar-refractivity contribution in [3.8, 4) is 22.8 Å². The molecule has 1 N–H and O–H groups in total. The second-order valence-electron chi connectivity index (χ2n) is 6.30. The second-order valence-corrected chi connectivity index (χ2v) is 6.73. The third kappa shape index (κ3) is 3.46. The summed E-state index contributed by atoms with van der Waals surface area (Å²) >= 11 is 5.90. The number of rotatable bonds is 2. The number of fused-ring (bicyclic) bond motifs is 1. The third-order valence-electron chi connectivity index (χ3n) is 4.36. The molecule has 8 heteroatoms. The van der Waals surface area contributed by atoms with Crippen LogP contribution in [0.4, 0.5) is 0 Å². The predicted octanol–water partition coefficient (Wildman–Crippen LogP) is 2.88. The average Bonchev–Trinajstić information content (AvgIpc) is 2.96. The van der Waals surface area contributed by atoms with Crippen molar-refractivity contribution < 1.29 is 14.6 Å². The fourth-order valence-electron chi connectivity index (χ4n) is 3.06. The maximum atomic E-state index is 12.8. The molecule has 7 nitrogen and oxygen atoms in total. The van der Waals surface area contributed by atoms with Gasteiger partial charge in [-0.25, -0.2) is 0 Å². The normalized spacial score (nSPS) is 13.6. The zero-order chi connectivity index (χ0) is 19.0. The Kier molecular flexibility index (Phi) is 4.45. The smallest absolute Gasteiger partial charge is 0.274 e. The zero-order valence-electron chi connectivity index (χ0n) is 14.6. The Bertz CT molecular complexity index is 1000. The van der Waals surface area contributed by atoms with Gasteiger partial charge < -0.3 is 14.7 Å². The van der Waals surface area contributed by atoms with E-state index in [0.717, 1.165) is 5.56 Å². The van der Waals surface area contributed by atoms with Crippen LogP contribution >= 0.6 is 11.6 Å². The van der Waals surface area contributed by atoms with E-state index in [-0.39, 0.29) is 18.3 Å². The van der Waals surface area contributed by atoms with E-state index in [1.165, 1.54) is 0 Å². The molecule has 27 heavy (non-hydrogen) atoms. The summed E-state index contributed by atoms with van der Waals surface area (Å²) in [6.45, 7) is 0.995. The summed E-state index contributed by atoms with van der Waals surface area (Å²) in [7, 11) is 1.76. The number of amides is 1. The molecule has 0 spiro atoms. The molecule has 0 saturated carbocycles. The van der Waals surface area contributed by atoms with E-state index < -0.39 is 0 Å². The maximum absolute atomic E-state index is 12.8. The van der Waals surface area contributed by atoms with Crippen molar-refractivity contribution in [2.24, 2.45) is 7.05 Å². The van der Waals surface area contributed by atoms with Crippen molar-refractivity contribution in [1.82, 2.24) is 19.7 Å². The Morgan fingerprint density at radius 1 is 1.30 bits per heavy atom. The van der Waals surface area contributed by atoms with E-state index in [4.69, 9.17) is 16.3 Å². The lowest BCUT2D eigenvalue weighted by Gasteiger charge is -2.19. The summed E-state index contributed by atoms with van der Waals surface area (Å²) in [6, 6.07) is 8.67. The van der Waals surface area contributed by atoms with Crippen molar-refractivity contribution in [1.29, 1.82) is 0 Å². The first-order valence-electron chi connectivity index (χ1n) is 8.41. The summed E-state index contributed by atoms with van der Waals surface area (Å²) < 4.78 is 7.29. The van der Waals surface area contributed by atoms with Gasteiger partial charge in [0.05, 0.1) is 17.3 Å². The number of carbonyl (C=O) groups excluding carboxylic acids is 1. The van der Waals surface area contributed by atoms with Gasteiger partial charge in [-0.2, -0.15) is 5.10 Å². The Hall–Kier alpha value is -3.06. The SMILES string of the molecule is Cn1ccc(C(=O)N2CCOc3c(O)cc(-c4ccc(Cl)cn4)cc3C2)n1. The fourth-order valence-corrected chi connectivity index (χ4v) is 3.17. The van der Waals surface area contributed by atoms with E-state index in [1.807, 2.05) is 6.07 Å². The first-order chi connectivity index (χ1) is 13.0. The van der Waals surface area contributed by atoms with Crippen LogP contribution in [0.5, 0.6) is 11.5 Å². The highest BCUT2D eigenvalue weighted by molar-refractivity contribution is 6.30. The van der Waals surface area contributed by atoms with E-state index in [9.17, 15) is 9.90 Å². The molecule has 0 atom stereocenters. The van der Waals surface area contributed by atoms with Crippen molar-refractivity contribution in [2.75, 3.05) is 13.2 Å². The molecule has 0 saturated heterocycles. The van der Waals surface area contributed by atoms with Gasteiger partial charge in [0.1, 0.15) is 12.3 Å². The molecule has 0 radical (unpaired) electrons. The third-order valence-corrected chi connectivity index (χ3v) is 4.58. The van der Waals surface area contributed by atoms with Gasteiger partial charge in [0.25, 0.3) is 5.91 Å². The number of aromatic hydroxyl groups is 1. The van der Waals surface area contributed by atoms with Gasteiger partial charge in [0.2, 0.25) is 0 Å². The Labute approximate surface area is 160 Å². The Balaban J connectivity index is 1.68. The number of phenols is 1. The van der Waals surface area contributed by atoms with Crippen LogP contribution in [-0.2, 0) is 13.6 Å². The van der Waals surface area contributed by atoms with Crippen LogP contribution < -0.4 is 4.74 Å². The minimum Gasteiger partial charge on any atom is -0.504 e. The number of carbonyl (C=O) groups is 1. The predicted molar refractivity (Wildman–Crippen MR) is 99.8 cm³/mol. The van der Waals surface area contributed by atoms with Crippen LogP contribution in [0.25, 0.3) is 11.3 Å². The molecular formula is C19H17ClN4O3. The summed E-state index contributed by atoms with van der Waals surface area (Å²) in [5.74, 6) is 0.233. The van der Waals surface area contributed by atoms with Gasteiger partial charge >= 0.3 is 0 Å². The van der Waals surface area contributed by atoms with Crippen molar-refractivity contribution in [3.63, 3.8) is 0 Å². The fraction of sp³-hybridized carbons (Fsp3) is 0.211. The molecule has 1 aromatic carbocycles. The number of halogens is 1. The van der Waals surface area contributed by atoms with Gasteiger partial charge in [-0.05, 0) is 30.3 Å². The van der Waals surface area contributed by atoms with Crippen LogP contribution in [0, 0.1) is 0 Å². The zero-order valence-corrected chi connectivity index (χ0v) is 15.3. The molecule has 0 unspecified atom stereocenters. The van der Waals surface area contributed by atoms with Crippen molar-refractivity contribution in [2.45, 2.75) is 6.54 Å². The van der Waals surface area contributed by atoms with Gasteiger partial charge in [0.15, 0.2) is 11.5 Å². The largest absolute Gasteiger partial charge is 0.504 e. The molecule has 0 aliphatic carbocycles. The monoisotopic (exact) mass is 384 g/mol. The molecular weight excluding hydrogens is 368 g/mol. The Morgan fingerprint density at radius 3 is 2.85 bits per heavy atom. The van der Waals surface area contributed by atoms with Gasteiger partial charge in [-0.15, -0.1) is 0 Å². The molecule has 3 aromatic rings. The molecule has 1 aliphatic rings. The highest BCUT2D eigenvalue weighted by Gasteiger charge is 2.25. The van der Waals surface area contributed by atoms with Crippen LogP contribution in [0.15, 0.2) is 42.7 Å². The van der Waals surface area contributed by atoms with E-state index in [2.05, 4.69) is 10.1 Å². The molecule has 0 fully saturated rings. The topological polar surface area (TPSA) is 80.5 Å². The standard InChI is InChI=1S/C19H17ClN4O3/c1-23-5-4-16(22-23)19(26)24-6-7-27-18-13(11-24)8-12(9-17(18)25)15-3-2-14(20)10-21-15/h2-5,8-10,25H,6-7,11H2,1H3. The summed E-state index contributed by atoms with van der Waals surface area (Å²) in [5.41, 5.74) is 2.48. The molecule has 3 heterocycles. The van der Waals surface area contributed by atoms with Gasteiger partial charge in [-0.1, -0.05) is 11.6 Å².